The van der Waals surface area contributed by atoms with Gasteiger partial charge in [0.15, 0.2) is 0 Å². The smallest absolute Gasteiger partial charge is 0.0908 e. The molecule has 0 aromatic rings. The van der Waals surface area contributed by atoms with E-state index in [1.807, 2.05) is 0 Å². The van der Waals surface area contributed by atoms with E-state index in [0.29, 0.717) is 0 Å². The monoisotopic (exact) mass is 106 g/mol. The summed E-state index contributed by atoms with van der Waals surface area (Å²) < 4.78 is 0. The summed E-state index contributed by atoms with van der Waals surface area (Å²) in [5.74, 6) is 4.78. The summed E-state index contributed by atoms with van der Waals surface area (Å²) in [6.07, 6.45) is -0.731. The van der Waals surface area contributed by atoms with Crippen molar-refractivity contribution in [2.75, 3.05) is 13.2 Å². The minimum atomic E-state index is -0.731. The van der Waals surface area contributed by atoms with E-state index < -0.39 is 6.10 Å². The lowest BCUT2D eigenvalue weighted by Crippen LogP contribution is -2.33. The third-order valence-corrected chi connectivity index (χ3v) is 0.564. The molecule has 0 heterocycles. The molecule has 0 bridgehead atoms. The van der Waals surface area contributed by atoms with Crippen LogP contribution in [-0.2, 0) is 0 Å². The van der Waals surface area contributed by atoms with Gasteiger partial charge in [-0.2, -0.15) is 0 Å². The van der Waals surface area contributed by atoms with E-state index >= 15 is 0 Å². The van der Waals surface area contributed by atoms with Gasteiger partial charge in [-0.1, -0.05) is 0 Å². The van der Waals surface area contributed by atoms with E-state index in [9.17, 15) is 0 Å². The Morgan fingerprint density at radius 2 is 2.29 bits per heavy atom. The van der Waals surface area contributed by atoms with E-state index in [-0.39, 0.29) is 13.2 Å². The standard InChI is InChI=1S/C3H10N2O2/c4-5-1-3(7)2-6/h3,5-7H,1-2,4H2. The van der Waals surface area contributed by atoms with Gasteiger partial charge in [0.25, 0.3) is 0 Å². The van der Waals surface area contributed by atoms with E-state index in [2.05, 4.69) is 5.43 Å². The highest BCUT2D eigenvalue weighted by Crippen LogP contribution is 1.71. The molecule has 0 aliphatic carbocycles. The van der Waals surface area contributed by atoms with Crippen LogP contribution in [0.1, 0.15) is 0 Å². The van der Waals surface area contributed by atoms with E-state index in [1.165, 1.54) is 0 Å². The summed E-state index contributed by atoms with van der Waals surface area (Å²) in [6, 6.07) is 0. The van der Waals surface area contributed by atoms with Gasteiger partial charge in [-0.3, -0.25) is 11.3 Å². The van der Waals surface area contributed by atoms with Crippen molar-refractivity contribution in [1.82, 2.24) is 5.43 Å². The molecule has 0 radical (unpaired) electrons. The van der Waals surface area contributed by atoms with Crippen LogP contribution in [-0.4, -0.2) is 29.5 Å². The highest BCUT2D eigenvalue weighted by atomic mass is 16.3. The minimum absolute atomic E-state index is 0.233. The van der Waals surface area contributed by atoms with Crippen LogP contribution in [0.25, 0.3) is 0 Å². The van der Waals surface area contributed by atoms with Crippen LogP contribution in [0, 0.1) is 0 Å². The van der Waals surface area contributed by atoms with Crippen LogP contribution in [0.3, 0.4) is 0 Å². The molecular formula is C3H10N2O2. The molecule has 7 heavy (non-hydrogen) atoms. The van der Waals surface area contributed by atoms with Crippen molar-refractivity contribution in [3.05, 3.63) is 0 Å². The number of nitrogens with two attached hydrogens (primary N) is 1. The lowest BCUT2D eigenvalue weighted by molar-refractivity contribution is 0.0947. The number of aliphatic hydroxyl groups is 2. The fourth-order valence-corrected chi connectivity index (χ4v) is 0.201. The number of aliphatic hydroxyl groups excluding tert-OH is 2. The van der Waals surface area contributed by atoms with Gasteiger partial charge in [0, 0.05) is 6.54 Å². The molecule has 0 saturated carbocycles. The highest BCUT2D eigenvalue weighted by Gasteiger charge is 1.95. The first-order chi connectivity index (χ1) is 3.31. The Morgan fingerprint density at radius 1 is 1.71 bits per heavy atom. The average molecular weight is 106 g/mol. The van der Waals surface area contributed by atoms with Crippen molar-refractivity contribution >= 4 is 0 Å². The average Bonchev–Trinajstić information content (AvgIpc) is 1.68. The zero-order valence-corrected chi connectivity index (χ0v) is 3.96. The van der Waals surface area contributed by atoms with Crippen molar-refractivity contribution in [3.63, 3.8) is 0 Å². The Balaban J connectivity index is 2.83. The van der Waals surface area contributed by atoms with Crippen LogP contribution in [0.5, 0.6) is 0 Å². The van der Waals surface area contributed by atoms with Crippen molar-refractivity contribution in [2.45, 2.75) is 6.10 Å². The van der Waals surface area contributed by atoms with Crippen LogP contribution < -0.4 is 11.3 Å². The number of rotatable bonds is 3. The van der Waals surface area contributed by atoms with Gasteiger partial charge in [-0.25, -0.2) is 0 Å². The Bertz CT molecular complexity index is 41.9. The fourth-order valence-electron chi connectivity index (χ4n) is 0.201. The zero-order chi connectivity index (χ0) is 5.70. The second-order valence-corrected chi connectivity index (χ2v) is 1.24. The van der Waals surface area contributed by atoms with Gasteiger partial charge in [0.1, 0.15) is 0 Å². The van der Waals surface area contributed by atoms with Gasteiger partial charge in [0.2, 0.25) is 0 Å². The topological polar surface area (TPSA) is 78.5 Å². The summed E-state index contributed by atoms with van der Waals surface area (Å²) in [4.78, 5) is 0. The van der Waals surface area contributed by atoms with Crippen molar-refractivity contribution in [2.24, 2.45) is 5.84 Å². The van der Waals surface area contributed by atoms with Gasteiger partial charge in [-0.05, 0) is 0 Å². The Kier molecular flexibility index (Phi) is 3.92. The maximum atomic E-state index is 8.47. The largest absolute Gasteiger partial charge is 0.394 e. The summed E-state index contributed by atoms with van der Waals surface area (Å²) in [7, 11) is 0. The lowest BCUT2D eigenvalue weighted by atomic mass is 10.4. The second-order valence-electron chi connectivity index (χ2n) is 1.24. The molecule has 4 nitrogen and oxygen atoms in total. The molecule has 0 aromatic heterocycles. The molecule has 1 atom stereocenters. The molecule has 0 aromatic carbocycles. The predicted molar refractivity (Wildman–Crippen MR) is 25.3 cm³/mol. The van der Waals surface area contributed by atoms with E-state index in [1.54, 1.807) is 0 Å². The molecule has 5 N–H and O–H groups in total. The Labute approximate surface area is 41.9 Å². The van der Waals surface area contributed by atoms with E-state index in [4.69, 9.17) is 16.1 Å². The quantitative estimate of drug-likeness (QED) is 0.243. The molecule has 0 saturated heterocycles. The number of hydrogen-bond acceptors (Lipinski definition) is 4. The van der Waals surface area contributed by atoms with Crippen LogP contribution in [0.15, 0.2) is 0 Å². The third-order valence-electron chi connectivity index (χ3n) is 0.564. The number of hydrogen-bond donors (Lipinski definition) is 4. The molecule has 0 rings (SSSR count). The van der Waals surface area contributed by atoms with Crippen LogP contribution in [0.2, 0.25) is 0 Å². The fraction of sp³-hybridized carbons (Fsp3) is 1.00. The first-order valence-electron chi connectivity index (χ1n) is 2.03. The van der Waals surface area contributed by atoms with Crippen LogP contribution >= 0.6 is 0 Å². The molecule has 44 valence electrons. The first kappa shape index (κ1) is 6.84. The maximum absolute atomic E-state index is 8.47. The third kappa shape index (κ3) is 3.68. The van der Waals surface area contributed by atoms with Crippen molar-refractivity contribution in [1.29, 1.82) is 0 Å². The SMILES string of the molecule is NNCC(O)CO. The minimum Gasteiger partial charge on any atom is -0.394 e. The molecule has 0 spiro atoms. The first-order valence-corrected chi connectivity index (χ1v) is 2.03. The van der Waals surface area contributed by atoms with E-state index in [0.717, 1.165) is 0 Å². The summed E-state index contributed by atoms with van der Waals surface area (Å²) in [5.41, 5.74) is 2.21. The number of nitrogens with one attached hydrogen (secondary N) is 1. The summed E-state index contributed by atoms with van der Waals surface area (Å²) >= 11 is 0. The molecule has 0 fully saturated rings. The van der Waals surface area contributed by atoms with Crippen molar-refractivity contribution < 1.29 is 10.2 Å². The molecule has 0 aliphatic rings. The summed E-state index contributed by atoms with van der Waals surface area (Å²) in [6.45, 7) is -0.0132. The van der Waals surface area contributed by atoms with Crippen LogP contribution in [0.4, 0.5) is 0 Å². The zero-order valence-electron chi connectivity index (χ0n) is 3.96. The Hall–Kier alpha value is -0.160. The molecule has 1 unspecified atom stereocenters. The Morgan fingerprint density at radius 3 is 2.43 bits per heavy atom. The molecule has 0 amide bonds. The highest BCUT2D eigenvalue weighted by molar-refractivity contribution is 4.50. The maximum Gasteiger partial charge on any atom is 0.0908 e. The van der Waals surface area contributed by atoms with Gasteiger partial charge in [-0.15, -0.1) is 0 Å². The van der Waals surface area contributed by atoms with Gasteiger partial charge in [0.05, 0.1) is 12.7 Å². The van der Waals surface area contributed by atoms with Gasteiger partial charge < -0.3 is 10.2 Å². The molecular weight excluding hydrogens is 96.0 g/mol. The molecule has 0 aliphatic heterocycles. The van der Waals surface area contributed by atoms with Crippen molar-refractivity contribution in [3.8, 4) is 0 Å². The normalized spacial score (nSPS) is 14.1. The van der Waals surface area contributed by atoms with Gasteiger partial charge >= 0.3 is 0 Å². The number of hydrazine groups is 1. The summed E-state index contributed by atoms with van der Waals surface area (Å²) in [5, 5.41) is 16.6. The predicted octanol–water partition coefficient (Wildman–Crippen LogP) is -2.20. The second kappa shape index (κ2) is 4.01. The molecule has 4 heteroatoms. The lowest BCUT2D eigenvalue weighted by Gasteiger charge is -2.02.